The van der Waals surface area contributed by atoms with Gasteiger partial charge in [0.2, 0.25) is 0 Å². The zero-order valence-corrected chi connectivity index (χ0v) is 16.2. The van der Waals surface area contributed by atoms with Crippen molar-refractivity contribution in [2.24, 2.45) is 0 Å². The minimum absolute atomic E-state index is 0.202. The van der Waals surface area contributed by atoms with Crippen molar-refractivity contribution in [2.45, 2.75) is 6.54 Å². The highest BCUT2D eigenvalue weighted by Gasteiger charge is 2.24. The van der Waals surface area contributed by atoms with Gasteiger partial charge >= 0.3 is 0 Å². The first-order valence-corrected chi connectivity index (χ1v) is 9.62. The van der Waals surface area contributed by atoms with Crippen LogP contribution in [0.3, 0.4) is 0 Å². The highest BCUT2D eigenvalue weighted by Crippen LogP contribution is 2.33. The molecule has 0 radical (unpaired) electrons. The fourth-order valence-electron chi connectivity index (χ4n) is 2.94. The second-order valence-corrected chi connectivity index (χ2v) is 7.34. The molecule has 4 aromatic rings. The number of nitrogens with zero attached hydrogens (tertiary/aromatic N) is 2. The van der Waals surface area contributed by atoms with Gasteiger partial charge in [-0.05, 0) is 29.8 Å². The topological polar surface area (TPSA) is 42.4 Å². The molecule has 29 heavy (non-hydrogen) atoms. The maximum atomic E-state index is 14.3. The van der Waals surface area contributed by atoms with Crippen molar-refractivity contribution in [1.82, 2.24) is 4.98 Å². The number of fused-ring (bicyclic) bond motifs is 1. The first-order chi connectivity index (χ1) is 14.0. The summed E-state index contributed by atoms with van der Waals surface area (Å²) >= 11 is 1.32. The Labute approximate surface area is 170 Å². The lowest BCUT2D eigenvalue weighted by Crippen LogP contribution is -2.31. The normalized spacial score (nSPS) is 10.9. The Morgan fingerprint density at radius 2 is 1.86 bits per heavy atom. The summed E-state index contributed by atoms with van der Waals surface area (Å²) in [6.07, 6.45) is 0. The van der Waals surface area contributed by atoms with Crippen LogP contribution in [0.5, 0.6) is 5.75 Å². The summed E-state index contributed by atoms with van der Waals surface area (Å²) in [5.74, 6) is -1.58. The van der Waals surface area contributed by atoms with Crippen molar-refractivity contribution >= 4 is 32.6 Å². The van der Waals surface area contributed by atoms with E-state index in [2.05, 4.69) is 4.98 Å². The molecular formula is C22H16F2N2O2S. The highest BCUT2D eigenvalue weighted by molar-refractivity contribution is 7.22. The third kappa shape index (κ3) is 3.95. The van der Waals surface area contributed by atoms with Crippen LogP contribution < -0.4 is 9.64 Å². The van der Waals surface area contributed by atoms with Crippen LogP contribution in [0, 0.1) is 11.6 Å². The smallest absolute Gasteiger partial charge is 0.263 e. The quantitative estimate of drug-likeness (QED) is 0.441. The Bertz CT molecular complexity index is 1180. The molecule has 0 atom stereocenters. The Morgan fingerprint density at radius 1 is 1.07 bits per heavy atom. The third-order valence-corrected chi connectivity index (χ3v) is 5.46. The molecule has 1 heterocycles. The molecule has 0 saturated heterocycles. The second kappa shape index (κ2) is 7.97. The van der Waals surface area contributed by atoms with Gasteiger partial charge in [0.25, 0.3) is 5.91 Å². The Morgan fingerprint density at radius 3 is 2.59 bits per heavy atom. The molecule has 3 aromatic carbocycles. The van der Waals surface area contributed by atoms with Gasteiger partial charge in [-0.3, -0.25) is 9.69 Å². The van der Waals surface area contributed by atoms with E-state index in [0.29, 0.717) is 22.5 Å². The minimum atomic E-state index is -0.907. The molecule has 146 valence electrons. The van der Waals surface area contributed by atoms with Gasteiger partial charge in [0.05, 0.1) is 29.4 Å². The number of rotatable bonds is 5. The molecule has 4 rings (SSSR count). The minimum Gasteiger partial charge on any atom is -0.497 e. The summed E-state index contributed by atoms with van der Waals surface area (Å²) in [5.41, 5.74) is 1.33. The molecule has 1 aromatic heterocycles. The molecule has 1 amide bonds. The van der Waals surface area contributed by atoms with E-state index in [0.717, 1.165) is 22.4 Å². The number of amides is 1. The number of anilines is 1. The predicted molar refractivity (Wildman–Crippen MR) is 109 cm³/mol. The molecule has 0 fully saturated rings. The van der Waals surface area contributed by atoms with Crippen molar-refractivity contribution < 1.29 is 18.3 Å². The Hall–Kier alpha value is -3.32. The number of carbonyl (C=O) groups excluding carboxylic acids is 1. The summed E-state index contributed by atoms with van der Waals surface area (Å²) in [4.78, 5) is 19.2. The standard InChI is InChI=1S/C22H16F2N2O2S/c1-28-16-8-10-20-19(12-16)25-22(29-20)26(13-14-5-3-2-4-6-14)21(27)17-9-7-15(23)11-18(17)24/h2-12H,13H2,1H3. The fourth-order valence-corrected chi connectivity index (χ4v) is 3.88. The van der Waals surface area contributed by atoms with Gasteiger partial charge in [-0.2, -0.15) is 0 Å². The molecule has 4 nitrogen and oxygen atoms in total. The van der Waals surface area contributed by atoms with E-state index in [1.165, 1.54) is 16.2 Å². The number of hydrogen-bond donors (Lipinski definition) is 0. The average molecular weight is 410 g/mol. The highest BCUT2D eigenvalue weighted by atomic mass is 32.1. The van der Waals surface area contributed by atoms with Crippen molar-refractivity contribution in [3.8, 4) is 5.75 Å². The number of methoxy groups -OCH3 is 1. The number of aromatic nitrogens is 1. The lowest BCUT2D eigenvalue weighted by molar-refractivity contribution is 0.0981. The molecule has 0 aliphatic rings. The first kappa shape index (κ1) is 19.0. The lowest BCUT2D eigenvalue weighted by Gasteiger charge is -2.20. The van der Waals surface area contributed by atoms with E-state index in [1.807, 2.05) is 42.5 Å². The molecule has 0 aliphatic carbocycles. The number of halogens is 2. The number of benzene rings is 3. The van der Waals surface area contributed by atoms with Crippen LogP contribution in [-0.2, 0) is 6.54 Å². The summed E-state index contributed by atoms with van der Waals surface area (Å²) in [5, 5.41) is 0.422. The van der Waals surface area contributed by atoms with Crippen molar-refractivity contribution in [3.05, 3.63) is 89.5 Å². The molecule has 0 unspecified atom stereocenters. The second-order valence-electron chi connectivity index (χ2n) is 6.33. The SMILES string of the molecule is COc1ccc2sc(N(Cc3ccccc3)C(=O)c3ccc(F)cc3F)nc2c1. The van der Waals surface area contributed by atoms with Gasteiger partial charge in [0, 0.05) is 12.1 Å². The number of thiazole rings is 1. The summed E-state index contributed by atoms with van der Waals surface area (Å²) in [7, 11) is 1.57. The van der Waals surface area contributed by atoms with Gasteiger partial charge in [-0.25, -0.2) is 13.8 Å². The monoisotopic (exact) mass is 410 g/mol. The summed E-state index contributed by atoms with van der Waals surface area (Å²) in [6.45, 7) is 0.202. The van der Waals surface area contributed by atoms with Crippen LogP contribution in [0.15, 0.2) is 66.7 Å². The predicted octanol–water partition coefficient (Wildman–Crippen LogP) is 5.43. The third-order valence-electron chi connectivity index (χ3n) is 4.40. The van der Waals surface area contributed by atoms with E-state index in [1.54, 1.807) is 13.2 Å². The van der Waals surface area contributed by atoms with Crippen molar-refractivity contribution in [3.63, 3.8) is 0 Å². The van der Waals surface area contributed by atoms with Gasteiger partial charge in [0.1, 0.15) is 17.4 Å². The maximum absolute atomic E-state index is 14.3. The van der Waals surface area contributed by atoms with Crippen molar-refractivity contribution in [2.75, 3.05) is 12.0 Å². The Kier molecular flexibility index (Phi) is 5.22. The lowest BCUT2D eigenvalue weighted by atomic mass is 10.1. The summed E-state index contributed by atoms with van der Waals surface area (Å²) < 4.78 is 33.7. The number of hydrogen-bond acceptors (Lipinski definition) is 4. The molecule has 0 spiro atoms. The molecule has 0 N–H and O–H groups in total. The fraction of sp³-hybridized carbons (Fsp3) is 0.0909. The van der Waals surface area contributed by atoms with Crippen LogP contribution in [0.2, 0.25) is 0 Å². The van der Waals surface area contributed by atoms with Crippen molar-refractivity contribution in [1.29, 1.82) is 0 Å². The Balaban J connectivity index is 1.78. The van der Waals surface area contributed by atoms with Gasteiger partial charge < -0.3 is 4.74 Å². The van der Waals surface area contributed by atoms with Crippen LogP contribution >= 0.6 is 11.3 Å². The zero-order valence-electron chi connectivity index (χ0n) is 15.4. The van der Waals surface area contributed by atoms with E-state index < -0.39 is 17.5 Å². The number of ether oxygens (including phenoxy) is 1. The van der Waals surface area contributed by atoms with E-state index in [-0.39, 0.29) is 12.1 Å². The van der Waals surface area contributed by atoms with Crippen LogP contribution in [0.4, 0.5) is 13.9 Å². The molecule has 7 heteroatoms. The molecule has 0 bridgehead atoms. The first-order valence-electron chi connectivity index (χ1n) is 8.80. The van der Waals surface area contributed by atoms with Gasteiger partial charge in [0.15, 0.2) is 5.13 Å². The zero-order chi connectivity index (χ0) is 20.4. The van der Waals surface area contributed by atoms with Crippen LogP contribution in [0.25, 0.3) is 10.2 Å². The van der Waals surface area contributed by atoms with Gasteiger partial charge in [-0.15, -0.1) is 0 Å². The largest absolute Gasteiger partial charge is 0.497 e. The van der Waals surface area contributed by atoms with E-state index >= 15 is 0 Å². The molecular weight excluding hydrogens is 394 g/mol. The molecule has 0 saturated carbocycles. The van der Waals surface area contributed by atoms with Crippen LogP contribution in [0.1, 0.15) is 15.9 Å². The number of carbonyl (C=O) groups is 1. The van der Waals surface area contributed by atoms with Gasteiger partial charge in [-0.1, -0.05) is 41.7 Å². The van der Waals surface area contributed by atoms with E-state index in [4.69, 9.17) is 4.74 Å². The molecule has 0 aliphatic heterocycles. The maximum Gasteiger partial charge on any atom is 0.263 e. The van der Waals surface area contributed by atoms with Crippen LogP contribution in [-0.4, -0.2) is 18.0 Å². The average Bonchev–Trinajstić information content (AvgIpc) is 3.15. The van der Waals surface area contributed by atoms with E-state index in [9.17, 15) is 13.6 Å². The summed E-state index contributed by atoms with van der Waals surface area (Å²) in [6, 6.07) is 17.7.